The molecule has 0 fully saturated rings. The number of aliphatic hydroxyl groups is 1. The zero-order valence-corrected chi connectivity index (χ0v) is 11.7. The SMILES string of the molecule is CCCCn1c(CO)ccc1CCc1ccccc1. The van der Waals surface area contributed by atoms with E-state index in [0.717, 1.165) is 25.1 Å². The Morgan fingerprint density at radius 2 is 1.68 bits per heavy atom. The molecule has 0 aliphatic carbocycles. The molecule has 102 valence electrons. The normalized spacial score (nSPS) is 10.8. The van der Waals surface area contributed by atoms with Crippen LogP contribution < -0.4 is 0 Å². The lowest BCUT2D eigenvalue weighted by atomic mass is 10.1. The number of aryl methyl sites for hydroxylation is 2. The summed E-state index contributed by atoms with van der Waals surface area (Å²) in [4.78, 5) is 0. The van der Waals surface area contributed by atoms with E-state index in [1.165, 1.54) is 24.1 Å². The van der Waals surface area contributed by atoms with Gasteiger partial charge in [0.25, 0.3) is 0 Å². The van der Waals surface area contributed by atoms with E-state index in [2.05, 4.69) is 54.0 Å². The van der Waals surface area contributed by atoms with Crippen LogP contribution in [0.15, 0.2) is 42.5 Å². The van der Waals surface area contributed by atoms with Crippen molar-refractivity contribution in [3.63, 3.8) is 0 Å². The minimum atomic E-state index is 0.134. The van der Waals surface area contributed by atoms with Crippen molar-refractivity contribution in [2.45, 2.75) is 45.8 Å². The average Bonchev–Trinajstić information content (AvgIpc) is 2.86. The Kier molecular flexibility index (Phi) is 5.22. The molecule has 2 aromatic rings. The molecule has 0 bridgehead atoms. The molecule has 19 heavy (non-hydrogen) atoms. The Labute approximate surface area is 115 Å². The van der Waals surface area contributed by atoms with Crippen LogP contribution in [0.25, 0.3) is 0 Å². The van der Waals surface area contributed by atoms with E-state index in [1.54, 1.807) is 0 Å². The van der Waals surface area contributed by atoms with Crippen molar-refractivity contribution in [3.05, 3.63) is 59.4 Å². The van der Waals surface area contributed by atoms with Gasteiger partial charge in [-0.1, -0.05) is 43.7 Å². The van der Waals surface area contributed by atoms with Gasteiger partial charge in [0.05, 0.1) is 6.61 Å². The summed E-state index contributed by atoms with van der Waals surface area (Å²) in [6.45, 7) is 3.35. The van der Waals surface area contributed by atoms with Gasteiger partial charge in [-0.05, 0) is 37.0 Å². The van der Waals surface area contributed by atoms with E-state index in [4.69, 9.17) is 0 Å². The number of hydrogen-bond donors (Lipinski definition) is 1. The maximum Gasteiger partial charge on any atom is 0.0832 e. The second-order valence-electron chi connectivity index (χ2n) is 4.96. The number of benzene rings is 1. The van der Waals surface area contributed by atoms with Crippen molar-refractivity contribution in [1.82, 2.24) is 4.57 Å². The summed E-state index contributed by atoms with van der Waals surface area (Å²) in [6, 6.07) is 14.8. The zero-order chi connectivity index (χ0) is 13.5. The van der Waals surface area contributed by atoms with Crippen LogP contribution in [0.3, 0.4) is 0 Å². The molecule has 0 saturated carbocycles. The van der Waals surface area contributed by atoms with E-state index in [-0.39, 0.29) is 6.61 Å². The predicted octanol–water partition coefficient (Wildman–Crippen LogP) is 3.57. The van der Waals surface area contributed by atoms with Gasteiger partial charge in [0.2, 0.25) is 0 Å². The highest BCUT2D eigenvalue weighted by molar-refractivity contribution is 5.20. The topological polar surface area (TPSA) is 25.2 Å². The standard InChI is InChI=1S/C17H23NO/c1-2-3-13-18-16(11-12-17(18)14-19)10-9-15-7-5-4-6-8-15/h4-8,11-12,19H,2-3,9-10,13-14H2,1H3. The summed E-state index contributed by atoms with van der Waals surface area (Å²) in [5.74, 6) is 0. The van der Waals surface area contributed by atoms with Crippen LogP contribution in [0.2, 0.25) is 0 Å². The number of hydrogen-bond acceptors (Lipinski definition) is 1. The molecule has 1 heterocycles. The molecule has 2 heteroatoms. The lowest BCUT2D eigenvalue weighted by Gasteiger charge is -2.12. The van der Waals surface area contributed by atoms with Crippen molar-refractivity contribution in [2.24, 2.45) is 0 Å². The minimum Gasteiger partial charge on any atom is -0.390 e. The molecule has 0 saturated heterocycles. The summed E-state index contributed by atoms with van der Waals surface area (Å²) in [5.41, 5.74) is 3.74. The molecule has 0 unspecified atom stereocenters. The molecule has 1 N–H and O–H groups in total. The van der Waals surface area contributed by atoms with E-state index in [9.17, 15) is 5.11 Å². The molecule has 0 amide bonds. The van der Waals surface area contributed by atoms with Gasteiger partial charge in [-0.3, -0.25) is 0 Å². The van der Waals surface area contributed by atoms with Crippen LogP contribution in [-0.4, -0.2) is 9.67 Å². The van der Waals surface area contributed by atoms with Gasteiger partial charge < -0.3 is 9.67 Å². The smallest absolute Gasteiger partial charge is 0.0832 e. The largest absolute Gasteiger partial charge is 0.390 e. The first kappa shape index (κ1) is 13.9. The first-order chi connectivity index (χ1) is 9.35. The van der Waals surface area contributed by atoms with Crippen LogP contribution >= 0.6 is 0 Å². The Morgan fingerprint density at radius 3 is 2.37 bits per heavy atom. The van der Waals surface area contributed by atoms with Crippen molar-refractivity contribution in [1.29, 1.82) is 0 Å². The van der Waals surface area contributed by atoms with Gasteiger partial charge in [-0.25, -0.2) is 0 Å². The first-order valence-electron chi connectivity index (χ1n) is 7.17. The molecule has 0 aliphatic heterocycles. The molecule has 0 spiro atoms. The number of aromatic nitrogens is 1. The molecular weight excluding hydrogens is 234 g/mol. The maximum absolute atomic E-state index is 9.40. The van der Waals surface area contributed by atoms with Gasteiger partial charge in [-0.15, -0.1) is 0 Å². The molecule has 0 atom stereocenters. The van der Waals surface area contributed by atoms with E-state index < -0.39 is 0 Å². The van der Waals surface area contributed by atoms with Gasteiger partial charge in [0, 0.05) is 17.9 Å². The van der Waals surface area contributed by atoms with Crippen LogP contribution in [0.1, 0.15) is 36.7 Å². The quantitative estimate of drug-likeness (QED) is 0.806. The zero-order valence-electron chi connectivity index (χ0n) is 11.7. The molecular formula is C17H23NO. The highest BCUT2D eigenvalue weighted by Gasteiger charge is 2.07. The highest BCUT2D eigenvalue weighted by Crippen LogP contribution is 2.14. The number of nitrogens with zero attached hydrogens (tertiary/aromatic N) is 1. The van der Waals surface area contributed by atoms with Gasteiger partial charge in [0.1, 0.15) is 0 Å². The third kappa shape index (κ3) is 3.71. The van der Waals surface area contributed by atoms with Crippen molar-refractivity contribution < 1.29 is 5.11 Å². The maximum atomic E-state index is 9.40. The van der Waals surface area contributed by atoms with Crippen LogP contribution in [0.4, 0.5) is 0 Å². The minimum absolute atomic E-state index is 0.134. The Morgan fingerprint density at radius 1 is 0.947 bits per heavy atom. The van der Waals surface area contributed by atoms with Crippen LogP contribution in [-0.2, 0) is 26.0 Å². The third-order valence-electron chi connectivity index (χ3n) is 3.57. The fraction of sp³-hybridized carbons (Fsp3) is 0.412. The molecule has 0 aliphatic rings. The fourth-order valence-corrected chi connectivity index (χ4v) is 2.43. The van der Waals surface area contributed by atoms with Gasteiger partial charge in [0.15, 0.2) is 0 Å². The Hall–Kier alpha value is -1.54. The lowest BCUT2D eigenvalue weighted by Crippen LogP contribution is -2.08. The molecule has 2 nitrogen and oxygen atoms in total. The molecule has 0 radical (unpaired) electrons. The second-order valence-corrected chi connectivity index (χ2v) is 4.96. The van der Waals surface area contributed by atoms with Crippen molar-refractivity contribution in [3.8, 4) is 0 Å². The third-order valence-corrected chi connectivity index (χ3v) is 3.57. The van der Waals surface area contributed by atoms with E-state index >= 15 is 0 Å². The van der Waals surface area contributed by atoms with Crippen molar-refractivity contribution >= 4 is 0 Å². The van der Waals surface area contributed by atoms with Crippen LogP contribution in [0.5, 0.6) is 0 Å². The molecule has 1 aromatic carbocycles. The summed E-state index contributed by atoms with van der Waals surface area (Å²) in [5, 5.41) is 9.40. The van der Waals surface area contributed by atoms with Crippen molar-refractivity contribution in [2.75, 3.05) is 0 Å². The fourth-order valence-electron chi connectivity index (χ4n) is 2.43. The van der Waals surface area contributed by atoms with Gasteiger partial charge >= 0.3 is 0 Å². The number of aliphatic hydroxyl groups excluding tert-OH is 1. The van der Waals surface area contributed by atoms with E-state index in [1.807, 2.05) is 0 Å². The average molecular weight is 257 g/mol. The van der Waals surface area contributed by atoms with Gasteiger partial charge in [-0.2, -0.15) is 0 Å². The highest BCUT2D eigenvalue weighted by atomic mass is 16.3. The number of unbranched alkanes of at least 4 members (excludes halogenated alkanes) is 1. The summed E-state index contributed by atoms with van der Waals surface area (Å²) in [7, 11) is 0. The Bertz CT molecular complexity index is 487. The summed E-state index contributed by atoms with van der Waals surface area (Å²) < 4.78 is 2.28. The summed E-state index contributed by atoms with van der Waals surface area (Å²) in [6.07, 6.45) is 4.44. The molecule has 2 rings (SSSR count). The lowest BCUT2D eigenvalue weighted by molar-refractivity contribution is 0.269. The molecule has 1 aromatic heterocycles. The number of rotatable bonds is 7. The summed E-state index contributed by atoms with van der Waals surface area (Å²) >= 11 is 0. The predicted molar refractivity (Wildman–Crippen MR) is 79.1 cm³/mol. The second kappa shape index (κ2) is 7.15. The monoisotopic (exact) mass is 257 g/mol. The first-order valence-corrected chi connectivity index (χ1v) is 7.17. The Balaban J connectivity index is 2.05. The van der Waals surface area contributed by atoms with Crippen LogP contribution in [0, 0.1) is 0 Å². The van der Waals surface area contributed by atoms with E-state index in [0.29, 0.717) is 0 Å².